The summed E-state index contributed by atoms with van der Waals surface area (Å²) >= 11 is 12.1. The fourth-order valence-corrected chi connectivity index (χ4v) is 3.86. The number of halogens is 2. The quantitative estimate of drug-likeness (QED) is 0.633. The largest absolute Gasteiger partial charge is 0.493 e. The van der Waals surface area contributed by atoms with Crippen LogP contribution in [0, 0.1) is 0 Å². The van der Waals surface area contributed by atoms with Gasteiger partial charge in [0, 0.05) is 17.5 Å². The highest BCUT2D eigenvalue weighted by Crippen LogP contribution is 2.28. The maximum atomic E-state index is 12.2. The molecule has 0 aliphatic rings. The van der Waals surface area contributed by atoms with Crippen molar-refractivity contribution in [2.24, 2.45) is 0 Å². The molecule has 0 spiro atoms. The third kappa shape index (κ3) is 4.63. The van der Waals surface area contributed by atoms with Crippen LogP contribution >= 0.6 is 23.2 Å². The first-order valence-electron chi connectivity index (χ1n) is 6.38. The summed E-state index contributed by atoms with van der Waals surface area (Å²) in [4.78, 5) is 0.491. The summed E-state index contributed by atoms with van der Waals surface area (Å²) in [6.07, 6.45) is 0.628. The molecule has 0 aliphatic carbocycles. The lowest BCUT2D eigenvalue weighted by Gasteiger charge is -2.08. The average molecular weight is 344 g/mol. The summed E-state index contributed by atoms with van der Waals surface area (Å²) in [5.41, 5.74) is 6.31. The van der Waals surface area contributed by atoms with E-state index < -0.39 is 10.8 Å². The zero-order valence-electron chi connectivity index (χ0n) is 11.2. The Balaban J connectivity index is 1.85. The Morgan fingerprint density at radius 1 is 1.10 bits per heavy atom. The number of hydrogen-bond donors (Lipinski definition) is 1. The topological polar surface area (TPSA) is 52.3 Å². The molecule has 21 heavy (non-hydrogen) atoms. The fourth-order valence-electron chi connectivity index (χ4n) is 1.79. The van der Waals surface area contributed by atoms with Gasteiger partial charge >= 0.3 is 0 Å². The minimum atomic E-state index is -1.24. The van der Waals surface area contributed by atoms with Crippen LogP contribution in [-0.4, -0.2) is 16.6 Å². The standard InChI is InChI=1S/C15H15Cl2NO2S/c16-13-6-2-7-14(17)15(13)21(19)9-3-8-20-12-5-1-4-11(18)10-12/h1-2,4-7,10H,3,8-9,18H2. The molecule has 0 heterocycles. The molecular formula is C15H15Cl2NO2S. The lowest BCUT2D eigenvalue weighted by molar-refractivity contribution is 0.318. The highest BCUT2D eigenvalue weighted by Gasteiger charge is 2.12. The molecule has 112 valence electrons. The molecule has 2 rings (SSSR count). The smallest absolute Gasteiger partial charge is 0.121 e. The Bertz CT molecular complexity index is 629. The number of ether oxygens (including phenoxy) is 1. The second-order valence-corrected chi connectivity index (χ2v) is 6.70. The summed E-state index contributed by atoms with van der Waals surface area (Å²) in [7, 11) is -1.24. The van der Waals surface area contributed by atoms with Crippen molar-refractivity contribution >= 4 is 39.7 Å². The van der Waals surface area contributed by atoms with Gasteiger partial charge in [-0.25, -0.2) is 0 Å². The van der Waals surface area contributed by atoms with Gasteiger partial charge in [0.05, 0.1) is 32.3 Å². The molecule has 0 radical (unpaired) electrons. The molecule has 0 bridgehead atoms. The van der Waals surface area contributed by atoms with Gasteiger partial charge in [-0.2, -0.15) is 0 Å². The summed E-state index contributed by atoms with van der Waals surface area (Å²) in [5, 5.41) is 0.857. The highest BCUT2D eigenvalue weighted by atomic mass is 35.5. The number of hydrogen-bond acceptors (Lipinski definition) is 3. The SMILES string of the molecule is Nc1cccc(OCCCS(=O)c2c(Cl)cccc2Cl)c1. The van der Waals surface area contributed by atoms with E-state index in [2.05, 4.69) is 0 Å². The van der Waals surface area contributed by atoms with Crippen LogP contribution in [0.2, 0.25) is 10.0 Å². The van der Waals surface area contributed by atoms with Crippen molar-refractivity contribution in [1.82, 2.24) is 0 Å². The summed E-state index contributed by atoms with van der Waals surface area (Å²) in [6, 6.07) is 12.3. The van der Waals surface area contributed by atoms with Crippen molar-refractivity contribution in [3.8, 4) is 5.75 Å². The number of benzene rings is 2. The third-order valence-corrected chi connectivity index (χ3v) is 5.16. The Kier molecular flexibility index (Phi) is 5.91. The summed E-state index contributed by atoms with van der Waals surface area (Å²) < 4.78 is 17.8. The van der Waals surface area contributed by atoms with Gasteiger partial charge in [-0.1, -0.05) is 35.3 Å². The van der Waals surface area contributed by atoms with Crippen LogP contribution < -0.4 is 10.5 Å². The van der Waals surface area contributed by atoms with Gasteiger partial charge in [0.1, 0.15) is 5.75 Å². The van der Waals surface area contributed by atoms with E-state index in [0.29, 0.717) is 45.2 Å². The first-order chi connectivity index (χ1) is 10.1. The third-order valence-electron chi connectivity index (χ3n) is 2.75. The van der Waals surface area contributed by atoms with E-state index in [9.17, 15) is 4.21 Å². The summed E-state index contributed by atoms with van der Waals surface area (Å²) in [5.74, 6) is 1.14. The van der Waals surface area contributed by atoms with E-state index >= 15 is 0 Å². The molecule has 0 saturated heterocycles. The van der Waals surface area contributed by atoms with Crippen molar-refractivity contribution in [3.63, 3.8) is 0 Å². The van der Waals surface area contributed by atoms with Crippen molar-refractivity contribution < 1.29 is 8.95 Å². The molecule has 0 aliphatic heterocycles. The van der Waals surface area contributed by atoms with Gasteiger partial charge < -0.3 is 10.5 Å². The van der Waals surface area contributed by atoms with Crippen LogP contribution in [0.4, 0.5) is 5.69 Å². The van der Waals surface area contributed by atoms with Crippen LogP contribution in [-0.2, 0) is 10.8 Å². The second-order valence-electron chi connectivity index (χ2n) is 4.37. The zero-order chi connectivity index (χ0) is 15.2. The molecule has 3 nitrogen and oxygen atoms in total. The first kappa shape index (κ1) is 16.1. The lowest BCUT2D eigenvalue weighted by atomic mass is 10.3. The monoisotopic (exact) mass is 343 g/mol. The van der Waals surface area contributed by atoms with Crippen LogP contribution in [0.5, 0.6) is 5.75 Å². The number of anilines is 1. The van der Waals surface area contributed by atoms with Crippen LogP contribution in [0.1, 0.15) is 6.42 Å². The Morgan fingerprint density at radius 2 is 1.76 bits per heavy atom. The molecular weight excluding hydrogens is 329 g/mol. The van der Waals surface area contributed by atoms with Gasteiger partial charge in [-0.15, -0.1) is 0 Å². The maximum absolute atomic E-state index is 12.2. The molecule has 0 aromatic heterocycles. The molecule has 2 N–H and O–H groups in total. The normalized spacial score (nSPS) is 12.1. The highest BCUT2D eigenvalue weighted by molar-refractivity contribution is 7.85. The van der Waals surface area contributed by atoms with Crippen LogP contribution in [0.15, 0.2) is 47.4 Å². The minimum Gasteiger partial charge on any atom is -0.493 e. The zero-order valence-corrected chi connectivity index (χ0v) is 13.5. The van der Waals surface area contributed by atoms with Crippen molar-refractivity contribution in [2.45, 2.75) is 11.3 Å². The molecule has 2 aromatic rings. The molecule has 1 atom stereocenters. The van der Waals surface area contributed by atoms with Gasteiger partial charge in [0.2, 0.25) is 0 Å². The minimum absolute atomic E-state index is 0.428. The van der Waals surface area contributed by atoms with Crippen molar-refractivity contribution in [3.05, 3.63) is 52.5 Å². The van der Waals surface area contributed by atoms with Gasteiger partial charge in [-0.05, 0) is 30.7 Å². The second kappa shape index (κ2) is 7.69. The van der Waals surface area contributed by atoms with Crippen molar-refractivity contribution in [2.75, 3.05) is 18.1 Å². The molecule has 0 saturated carbocycles. The van der Waals surface area contributed by atoms with E-state index in [0.717, 1.165) is 0 Å². The summed E-state index contributed by atoms with van der Waals surface area (Å²) in [6.45, 7) is 0.456. The van der Waals surface area contributed by atoms with E-state index in [1.807, 2.05) is 12.1 Å². The predicted molar refractivity (Wildman–Crippen MR) is 88.7 cm³/mol. The Hall–Kier alpha value is -1.23. The lowest BCUT2D eigenvalue weighted by Crippen LogP contribution is -2.06. The number of nitrogens with two attached hydrogens (primary N) is 1. The molecule has 0 amide bonds. The molecule has 6 heteroatoms. The van der Waals surface area contributed by atoms with Crippen molar-refractivity contribution in [1.29, 1.82) is 0 Å². The fraction of sp³-hybridized carbons (Fsp3) is 0.200. The van der Waals surface area contributed by atoms with E-state index in [1.165, 1.54) is 0 Å². The number of rotatable bonds is 6. The van der Waals surface area contributed by atoms with Crippen LogP contribution in [0.25, 0.3) is 0 Å². The average Bonchev–Trinajstić information content (AvgIpc) is 2.43. The van der Waals surface area contributed by atoms with E-state index in [4.69, 9.17) is 33.7 Å². The van der Waals surface area contributed by atoms with Gasteiger partial charge in [0.25, 0.3) is 0 Å². The Morgan fingerprint density at radius 3 is 2.43 bits per heavy atom. The number of nitrogen functional groups attached to an aromatic ring is 1. The van der Waals surface area contributed by atoms with E-state index in [-0.39, 0.29) is 0 Å². The Labute approximate surface area is 136 Å². The van der Waals surface area contributed by atoms with E-state index in [1.54, 1.807) is 30.3 Å². The maximum Gasteiger partial charge on any atom is 0.121 e. The molecule has 0 fully saturated rings. The van der Waals surface area contributed by atoms with Gasteiger partial charge in [0.15, 0.2) is 0 Å². The first-order valence-corrected chi connectivity index (χ1v) is 8.46. The van der Waals surface area contributed by atoms with Crippen LogP contribution in [0.3, 0.4) is 0 Å². The molecule has 1 unspecified atom stereocenters. The molecule has 2 aromatic carbocycles. The van der Waals surface area contributed by atoms with Gasteiger partial charge in [-0.3, -0.25) is 4.21 Å². The predicted octanol–water partition coefficient (Wildman–Crippen LogP) is 4.15.